The first kappa shape index (κ1) is 28.1. The average molecular weight is 584 g/mol. The van der Waals surface area contributed by atoms with Gasteiger partial charge < -0.3 is 21.1 Å². The van der Waals surface area contributed by atoms with Crippen LogP contribution in [0.4, 0.5) is 15.8 Å². The molecule has 3 aromatic carbocycles. The van der Waals surface area contributed by atoms with E-state index in [4.69, 9.17) is 23.2 Å². The summed E-state index contributed by atoms with van der Waals surface area (Å²) in [6, 6.07) is 12.1. The minimum atomic E-state index is -1.32. The Kier molecular flexibility index (Phi) is 7.15. The largest absolute Gasteiger partial charge is 0.478 e. The van der Waals surface area contributed by atoms with Crippen molar-refractivity contribution in [2.75, 3.05) is 17.2 Å². The molecule has 1 fully saturated rings. The topological polar surface area (TPSA) is 108 Å². The molecule has 0 aliphatic carbocycles. The molecule has 7 nitrogen and oxygen atoms in total. The van der Waals surface area contributed by atoms with Gasteiger partial charge in [0.05, 0.1) is 10.6 Å². The maximum atomic E-state index is 15.6. The van der Waals surface area contributed by atoms with Crippen LogP contribution in [0.5, 0.6) is 0 Å². The predicted molar refractivity (Wildman–Crippen MR) is 154 cm³/mol. The molecule has 1 spiro atoms. The zero-order valence-corrected chi connectivity index (χ0v) is 23.6. The van der Waals surface area contributed by atoms with Crippen LogP contribution in [0.3, 0.4) is 0 Å². The van der Waals surface area contributed by atoms with Crippen LogP contribution >= 0.6 is 23.2 Å². The second kappa shape index (κ2) is 10.2. The highest BCUT2D eigenvalue weighted by atomic mass is 35.5. The monoisotopic (exact) mass is 583 g/mol. The summed E-state index contributed by atoms with van der Waals surface area (Å²) in [6.45, 7) is 6.48. The van der Waals surface area contributed by atoms with Crippen LogP contribution in [0.1, 0.15) is 54.6 Å². The van der Waals surface area contributed by atoms with Crippen LogP contribution in [-0.4, -0.2) is 36.0 Å². The van der Waals surface area contributed by atoms with Crippen molar-refractivity contribution in [1.82, 2.24) is 5.32 Å². The Bertz CT molecular complexity index is 1550. The third kappa shape index (κ3) is 4.54. The van der Waals surface area contributed by atoms with Gasteiger partial charge in [0.1, 0.15) is 11.2 Å². The standard InChI is InChI=1S/C30H28Cl2FN3O4/c1-29(2,3)12-24-30(21(13-34-24)18-5-4-6-22(32)26(18)33)25-19(9-15(31)10-23(25)36-28(30)40)17-8-7-16(35-14-37)11-20(17)27(38)39/h4-11,14,21,24,34H,12-13H2,1-3H3,(H,35,37)(H,36,40)(H,38,39)/t21-,24-,30?/m0/s1. The third-order valence-corrected chi connectivity index (χ3v) is 8.26. The van der Waals surface area contributed by atoms with E-state index in [1.807, 2.05) is 0 Å². The molecule has 2 amide bonds. The summed E-state index contributed by atoms with van der Waals surface area (Å²) in [6.07, 6.45) is 1.02. The van der Waals surface area contributed by atoms with Gasteiger partial charge in [-0.1, -0.05) is 62.2 Å². The first-order valence-electron chi connectivity index (χ1n) is 12.8. The molecule has 0 aromatic heterocycles. The Labute approximate surface area is 241 Å². The van der Waals surface area contributed by atoms with E-state index < -0.39 is 29.2 Å². The summed E-state index contributed by atoms with van der Waals surface area (Å²) >= 11 is 12.7. The molecule has 3 atom stereocenters. The molecule has 2 heterocycles. The summed E-state index contributed by atoms with van der Waals surface area (Å²) in [7, 11) is 0. The van der Waals surface area contributed by atoms with Crippen LogP contribution in [0.15, 0.2) is 48.5 Å². The van der Waals surface area contributed by atoms with E-state index >= 15 is 4.39 Å². The smallest absolute Gasteiger partial charge is 0.336 e. The lowest BCUT2D eigenvalue weighted by molar-refractivity contribution is -0.122. The average Bonchev–Trinajstić information content (AvgIpc) is 3.37. The normalized spacial score (nSPS) is 21.8. The number of carboxylic acid groups (broad SMARTS) is 1. The number of aromatic carboxylic acids is 1. The Morgan fingerprint density at radius 1 is 1.18 bits per heavy atom. The summed E-state index contributed by atoms with van der Waals surface area (Å²) in [5.74, 6) is -2.81. The van der Waals surface area contributed by atoms with Gasteiger partial charge in [-0.2, -0.15) is 0 Å². The molecule has 0 radical (unpaired) electrons. The number of hydrogen-bond acceptors (Lipinski definition) is 4. The van der Waals surface area contributed by atoms with Gasteiger partial charge in [-0.05, 0) is 58.9 Å². The second-order valence-electron chi connectivity index (χ2n) is 11.4. The minimum Gasteiger partial charge on any atom is -0.478 e. The van der Waals surface area contributed by atoms with E-state index in [2.05, 4.69) is 36.7 Å². The number of nitrogens with one attached hydrogen (secondary N) is 3. The number of carbonyl (C=O) groups excluding carboxylic acids is 2. The Hall–Kier alpha value is -3.46. The second-order valence-corrected chi connectivity index (χ2v) is 12.3. The summed E-state index contributed by atoms with van der Waals surface area (Å²) in [4.78, 5) is 37.7. The number of rotatable bonds is 6. The molecule has 208 valence electrons. The summed E-state index contributed by atoms with van der Waals surface area (Å²) in [5, 5.41) is 19.3. The maximum Gasteiger partial charge on any atom is 0.336 e. The highest BCUT2D eigenvalue weighted by Gasteiger charge is 2.62. The lowest BCUT2D eigenvalue weighted by Crippen LogP contribution is -2.50. The lowest BCUT2D eigenvalue weighted by Gasteiger charge is -2.38. The number of carbonyl (C=O) groups is 3. The zero-order chi connectivity index (χ0) is 29.0. The van der Waals surface area contributed by atoms with Crippen molar-refractivity contribution >= 4 is 52.9 Å². The maximum absolute atomic E-state index is 15.6. The van der Waals surface area contributed by atoms with Crippen LogP contribution in [0.25, 0.3) is 11.1 Å². The molecular weight excluding hydrogens is 556 g/mol. The molecule has 2 aliphatic rings. The SMILES string of the molecule is CC(C)(C)C[C@@H]1NC[C@@H](c2cccc(Cl)c2F)C12C(=O)Nc1cc(Cl)cc(-c3ccc(NC=O)cc3C(=O)O)c12. The van der Waals surface area contributed by atoms with Gasteiger partial charge in [0.2, 0.25) is 12.3 Å². The van der Waals surface area contributed by atoms with E-state index in [0.29, 0.717) is 58.0 Å². The van der Waals surface area contributed by atoms with Gasteiger partial charge in [-0.15, -0.1) is 0 Å². The molecule has 3 aromatic rings. The first-order valence-corrected chi connectivity index (χ1v) is 13.5. The molecule has 2 aliphatic heterocycles. The molecule has 1 saturated heterocycles. The number of fused-ring (bicyclic) bond motifs is 2. The highest BCUT2D eigenvalue weighted by Crippen LogP contribution is 2.58. The number of benzene rings is 3. The van der Waals surface area contributed by atoms with E-state index in [1.54, 1.807) is 36.4 Å². The van der Waals surface area contributed by atoms with E-state index in [0.717, 1.165) is 0 Å². The fourth-order valence-electron chi connectivity index (χ4n) is 6.30. The predicted octanol–water partition coefficient (Wildman–Crippen LogP) is 6.45. The first-order chi connectivity index (χ1) is 18.9. The van der Waals surface area contributed by atoms with Gasteiger partial charge >= 0.3 is 5.97 Å². The van der Waals surface area contributed by atoms with Gasteiger partial charge in [0.25, 0.3) is 0 Å². The molecule has 10 heteroatoms. The van der Waals surface area contributed by atoms with Gasteiger partial charge in [0.15, 0.2) is 0 Å². The molecule has 4 N–H and O–H groups in total. The summed E-state index contributed by atoms with van der Waals surface area (Å²) < 4.78 is 15.6. The van der Waals surface area contributed by atoms with Crippen LogP contribution in [0.2, 0.25) is 10.0 Å². The Morgan fingerprint density at radius 2 is 1.93 bits per heavy atom. The van der Waals surface area contributed by atoms with Crippen molar-refractivity contribution in [3.8, 4) is 11.1 Å². The highest BCUT2D eigenvalue weighted by molar-refractivity contribution is 6.32. The molecular formula is C30H28Cl2FN3O4. The van der Waals surface area contributed by atoms with Gasteiger partial charge in [-0.3, -0.25) is 9.59 Å². The fraction of sp³-hybridized carbons (Fsp3) is 0.300. The molecule has 40 heavy (non-hydrogen) atoms. The van der Waals surface area contributed by atoms with Crippen LogP contribution < -0.4 is 16.0 Å². The van der Waals surface area contributed by atoms with E-state index in [-0.39, 0.29) is 21.9 Å². The number of hydrogen-bond donors (Lipinski definition) is 4. The van der Waals surface area contributed by atoms with Gasteiger partial charge in [-0.25, -0.2) is 9.18 Å². The van der Waals surface area contributed by atoms with Crippen molar-refractivity contribution in [2.45, 2.75) is 44.6 Å². The van der Waals surface area contributed by atoms with E-state index in [9.17, 15) is 19.5 Å². The number of amides is 2. The lowest BCUT2D eigenvalue weighted by atomic mass is 9.62. The number of halogens is 3. The van der Waals surface area contributed by atoms with Crippen LogP contribution in [-0.2, 0) is 15.0 Å². The molecule has 0 saturated carbocycles. The Balaban J connectivity index is 1.85. The van der Waals surface area contributed by atoms with Crippen molar-refractivity contribution in [3.05, 3.63) is 81.1 Å². The third-order valence-electron chi connectivity index (χ3n) is 7.75. The molecule has 1 unspecified atom stereocenters. The number of carboxylic acids is 1. The minimum absolute atomic E-state index is 0.0479. The fourth-order valence-corrected chi connectivity index (χ4v) is 6.70. The Morgan fingerprint density at radius 3 is 2.60 bits per heavy atom. The molecule has 0 bridgehead atoms. The number of anilines is 2. The van der Waals surface area contributed by atoms with Crippen molar-refractivity contribution in [3.63, 3.8) is 0 Å². The molecule has 5 rings (SSSR count). The van der Waals surface area contributed by atoms with Crippen molar-refractivity contribution in [2.24, 2.45) is 5.41 Å². The van der Waals surface area contributed by atoms with E-state index in [1.165, 1.54) is 12.1 Å². The van der Waals surface area contributed by atoms with Crippen molar-refractivity contribution in [1.29, 1.82) is 0 Å². The van der Waals surface area contributed by atoms with Crippen molar-refractivity contribution < 1.29 is 23.9 Å². The summed E-state index contributed by atoms with van der Waals surface area (Å²) in [5.41, 5.74) is 0.707. The van der Waals surface area contributed by atoms with Crippen LogP contribution in [0, 0.1) is 11.2 Å². The van der Waals surface area contributed by atoms with Gasteiger partial charge in [0, 0.05) is 40.5 Å². The quantitative estimate of drug-likeness (QED) is 0.249. The zero-order valence-electron chi connectivity index (χ0n) is 22.1.